The molecule has 9 heteroatoms. The summed E-state index contributed by atoms with van der Waals surface area (Å²) in [6.45, 7) is 7.56. The van der Waals surface area contributed by atoms with Crippen molar-refractivity contribution >= 4 is 52.2 Å². The topological polar surface area (TPSA) is 84.9 Å². The average molecular weight is 577 g/mol. The molecule has 0 bridgehead atoms. The van der Waals surface area contributed by atoms with Gasteiger partial charge in [0.2, 0.25) is 5.91 Å². The maximum atomic E-state index is 13.1. The number of nitrogens with one attached hydrogen (secondary N) is 1. The summed E-state index contributed by atoms with van der Waals surface area (Å²) >= 11 is 6.77. The van der Waals surface area contributed by atoms with Crippen LogP contribution < -0.4 is 14.8 Å². The molecule has 1 aliphatic rings. The quantitative estimate of drug-likeness (QED) is 0.208. The van der Waals surface area contributed by atoms with E-state index in [1.807, 2.05) is 50.2 Å². The van der Waals surface area contributed by atoms with E-state index in [1.165, 1.54) is 7.11 Å². The number of ether oxygens (including phenoxy) is 2. The van der Waals surface area contributed by atoms with Crippen LogP contribution in [0, 0.1) is 13.8 Å². The Bertz CT molecular complexity index is 1500. The molecule has 0 spiro atoms. The lowest BCUT2D eigenvalue weighted by Crippen LogP contribution is -2.36. The van der Waals surface area contributed by atoms with Crippen LogP contribution in [0.4, 0.5) is 10.5 Å². The molecule has 1 fully saturated rings. The normalized spacial score (nSPS) is 14.0. The number of allylic oxidation sites excluding steroid dienone is 1. The van der Waals surface area contributed by atoms with Crippen molar-refractivity contribution in [2.45, 2.75) is 26.9 Å². The Kier molecular flexibility index (Phi) is 9.34. The monoisotopic (exact) mass is 576 g/mol. The molecule has 40 heavy (non-hydrogen) atoms. The van der Waals surface area contributed by atoms with Gasteiger partial charge in [-0.3, -0.25) is 19.3 Å². The van der Waals surface area contributed by atoms with E-state index in [2.05, 4.69) is 11.9 Å². The van der Waals surface area contributed by atoms with Crippen LogP contribution in [0.2, 0.25) is 5.02 Å². The van der Waals surface area contributed by atoms with Gasteiger partial charge in [0.25, 0.3) is 11.1 Å². The van der Waals surface area contributed by atoms with E-state index >= 15 is 0 Å². The number of nitrogens with zero attached hydrogens (tertiary/aromatic N) is 1. The fraction of sp³-hybridized carbons (Fsp3) is 0.194. The number of halogens is 1. The zero-order valence-corrected chi connectivity index (χ0v) is 24.0. The lowest BCUT2D eigenvalue weighted by Gasteiger charge is -2.16. The zero-order valence-electron chi connectivity index (χ0n) is 22.5. The number of rotatable bonds is 10. The van der Waals surface area contributed by atoms with Gasteiger partial charge in [-0.15, -0.1) is 6.58 Å². The predicted molar refractivity (Wildman–Crippen MR) is 160 cm³/mol. The number of amides is 3. The van der Waals surface area contributed by atoms with Crippen molar-refractivity contribution in [3.05, 3.63) is 105 Å². The Morgan fingerprint density at radius 3 is 2.55 bits per heavy atom. The molecule has 1 aliphatic heterocycles. The van der Waals surface area contributed by atoms with Crippen LogP contribution >= 0.6 is 23.4 Å². The Morgan fingerprint density at radius 2 is 1.85 bits per heavy atom. The summed E-state index contributed by atoms with van der Waals surface area (Å²) in [6, 6.07) is 16.7. The second kappa shape index (κ2) is 12.9. The van der Waals surface area contributed by atoms with Gasteiger partial charge in [0.1, 0.15) is 13.2 Å². The van der Waals surface area contributed by atoms with Crippen molar-refractivity contribution in [1.82, 2.24) is 4.90 Å². The van der Waals surface area contributed by atoms with Crippen molar-refractivity contribution in [1.29, 1.82) is 0 Å². The molecule has 0 aliphatic carbocycles. The van der Waals surface area contributed by atoms with Gasteiger partial charge < -0.3 is 14.8 Å². The first-order valence-corrected chi connectivity index (χ1v) is 13.7. The Morgan fingerprint density at radius 1 is 1.10 bits per heavy atom. The highest BCUT2D eigenvalue weighted by Crippen LogP contribution is 2.37. The second-order valence-corrected chi connectivity index (χ2v) is 10.7. The van der Waals surface area contributed by atoms with Crippen molar-refractivity contribution in [3.8, 4) is 11.5 Å². The first-order valence-electron chi connectivity index (χ1n) is 12.5. The molecule has 3 aromatic rings. The molecule has 0 radical (unpaired) electrons. The molecule has 0 unspecified atom stereocenters. The van der Waals surface area contributed by atoms with Gasteiger partial charge in [-0.1, -0.05) is 41.9 Å². The first-order chi connectivity index (χ1) is 19.2. The van der Waals surface area contributed by atoms with Crippen LogP contribution in [0.5, 0.6) is 11.5 Å². The summed E-state index contributed by atoms with van der Waals surface area (Å²) in [4.78, 5) is 39.6. The van der Waals surface area contributed by atoms with Gasteiger partial charge in [-0.25, -0.2) is 0 Å². The number of carbonyl (C=O) groups excluding carboxylic acids is 3. The Labute approximate surface area is 242 Å². The zero-order chi connectivity index (χ0) is 28.8. The van der Waals surface area contributed by atoms with E-state index < -0.39 is 17.1 Å². The van der Waals surface area contributed by atoms with Crippen LogP contribution in [0.3, 0.4) is 0 Å². The van der Waals surface area contributed by atoms with Crippen LogP contribution in [0.25, 0.3) is 6.08 Å². The third kappa shape index (κ3) is 6.94. The average Bonchev–Trinajstić information content (AvgIpc) is 3.18. The van der Waals surface area contributed by atoms with Crippen molar-refractivity contribution in [2.24, 2.45) is 0 Å². The molecule has 1 saturated heterocycles. The molecule has 7 nitrogen and oxygen atoms in total. The number of thioether (sulfide) groups is 1. The van der Waals surface area contributed by atoms with Gasteiger partial charge >= 0.3 is 0 Å². The van der Waals surface area contributed by atoms with Gasteiger partial charge in [0.05, 0.1) is 12.0 Å². The molecule has 206 valence electrons. The number of aryl methyl sites for hydroxylation is 2. The maximum absolute atomic E-state index is 13.1. The Balaban J connectivity index is 1.52. The maximum Gasteiger partial charge on any atom is 0.294 e. The van der Waals surface area contributed by atoms with E-state index in [0.717, 1.165) is 38.9 Å². The second-order valence-electron chi connectivity index (χ2n) is 9.25. The summed E-state index contributed by atoms with van der Waals surface area (Å²) in [7, 11) is 1.54. The molecule has 1 heterocycles. The smallest absolute Gasteiger partial charge is 0.294 e. The summed E-state index contributed by atoms with van der Waals surface area (Å²) < 4.78 is 11.7. The number of carbonyl (C=O) groups is 3. The summed E-state index contributed by atoms with van der Waals surface area (Å²) in [5, 5.41) is 2.93. The largest absolute Gasteiger partial charge is 0.493 e. The number of methoxy groups -OCH3 is 1. The van der Waals surface area contributed by atoms with Crippen molar-refractivity contribution < 1.29 is 23.9 Å². The van der Waals surface area contributed by atoms with Crippen LogP contribution in [-0.2, 0) is 22.6 Å². The summed E-state index contributed by atoms with van der Waals surface area (Å²) in [6.07, 6.45) is 3.86. The predicted octanol–water partition coefficient (Wildman–Crippen LogP) is 6.95. The number of benzene rings is 3. The molecular weight excluding hydrogens is 548 g/mol. The minimum absolute atomic E-state index is 0.214. The lowest BCUT2D eigenvalue weighted by atomic mass is 10.0. The molecule has 0 aromatic heterocycles. The lowest BCUT2D eigenvalue weighted by molar-refractivity contribution is -0.127. The molecule has 1 N–H and O–H groups in total. The highest BCUT2D eigenvalue weighted by molar-refractivity contribution is 8.18. The van der Waals surface area contributed by atoms with E-state index in [4.69, 9.17) is 21.1 Å². The Hall–Kier alpha value is -4.01. The van der Waals surface area contributed by atoms with Crippen molar-refractivity contribution in [2.75, 3.05) is 19.0 Å². The third-order valence-electron chi connectivity index (χ3n) is 6.17. The molecule has 0 saturated carbocycles. The van der Waals surface area contributed by atoms with Crippen molar-refractivity contribution in [3.63, 3.8) is 0 Å². The third-order valence-corrected chi connectivity index (χ3v) is 7.33. The highest BCUT2D eigenvalue weighted by atomic mass is 35.5. The molecular formula is C31H29ClN2O5S. The summed E-state index contributed by atoms with van der Waals surface area (Å²) in [5.74, 6) is 0.0604. The van der Waals surface area contributed by atoms with E-state index in [1.54, 1.807) is 30.4 Å². The van der Waals surface area contributed by atoms with E-state index in [0.29, 0.717) is 40.8 Å². The van der Waals surface area contributed by atoms with Gasteiger partial charge in [-0.2, -0.15) is 0 Å². The molecule has 3 amide bonds. The SMILES string of the molecule is C=CCc1cc(/C=C2\SC(=O)N(CC(=O)Nc3cc(C)ccc3C)C2=O)cc(OC)c1OCc1ccc(Cl)cc1. The number of hydrogen-bond acceptors (Lipinski definition) is 6. The number of anilines is 1. The first kappa shape index (κ1) is 29.0. The summed E-state index contributed by atoms with van der Waals surface area (Å²) in [5.41, 5.74) is 4.92. The number of imide groups is 1. The molecule has 4 rings (SSSR count). The highest BCUT2D eigenvalue weighted by Gasteiger charge is 2.36. The van der Waals surface area contributed by atoms with Gasteiger partial charge in [-0.05, 0) is 90.7 Å². The van der Waals surface area contributed by atoms with Crippen LogP contribution in [-0.4, -0.2) is 35.6 Å². The standard InChI is InChI=1S/C31H29ClN2O5S/c1-5-6-23-14-22(15-26(38-4)29(23)39-18-21-9-11-24(32)12-10-21)16-27-30(36)34(31(37)40-27)17-28(35)33-25-13-19(2)7-8-20(25)3/h5,7-16H,1,6,17-18H2,2-4H3,(H,33,35)/b27-16-. The minimum atomic E-state index is -0.529. The fourth-order valence-corrected chi connectivity index (χ4v) is 5.08. The molecule has 3 aromatic carbocycles. The number of hydrogen-bond donors (Lipinski definition) is 1. The fourth-order valence-electron chi connectivity index (χ4n) is 4.12. The van der Waals surface area contributed by atoms with E-state index in [-0.39, 0.29) is 11.4 Å². The van der Waals surface area contributed by atoms with Crippen LogP contribution in [0.15, 0.2) is 72.2 Å². The van der Waals surface area contributed by atoms with Gasteiger partial charge in [0.15, 0.2) is 11.5 Å². The minimum Gasteiger partial charge on any atom is -0.493 e. The van der Waals surface area contributed by atoms with E-state index in [9.17, 15) is 14.4 Å². The molecule has 0 atom stereocenters. The van der Waals surface area contributed by atoms with Crippen LogP contribution in [0.1, 0.15) is 27.8 Å². The van der Waals surface area contributed by atoms with Gasteiger partial charge in [0, 0.05) is 16.3 Å².